The first-order valence-electron chi connectivity index (χ1n) is 14.4. The average molecular weight is 618 g/mol. The molecule has 0 aliphatic carbocycles. The van der Waals surface area contributed by atoms with Crippen LogP contribution in [-0.2, 0) is 14.3 Å². The molecular weight excluding hydrogens is 578 g/mol. The maximum absolute atomic E-state index is 12.5. The van der Waals surface area contributed by atoms with Gasteiger partial charge in [0.25, 0.3) is 11.8 Å². The van der Waals surface area contributed by atoms with Crippen LogP contribution in [0.3, 0.4) is 0 Å². The summed E-state index contributed by atoms with van der Waals surface area (Å²) in [6.45, 7) is 10.2. The van der Waals surface area contributed by atoms with Crippen molar-refractivity contribution >= 4 is 29.9 Å². The Labute approximate surface area is 261 Å². The van der Waals surface area contributed by atoms with E-state index in [0.717, 1.165) is 12.1 Å². The predicted molar refractivity (Wildman–Crippen MR) is 169 cm³/mol. The summed E-state index contributed by atoms with van der Waals surface area (Å²) < 4.78 is 16.5. The van der Waals surface area contributed by atoms with Crippen molar-refractivity contribution in [2.75, 3.05) is 18.4 Å². The zero-order valence-corrected chi connectivity index (χ0v) is 26.1. The fourth-order valence-corrected chi connectivity index (χ4v) is 3.87. The van der Waals surface area contributed by atoms with Crippen LogP contribution >= 0.6 is 0 Å². The number of hydrogen-bond acceptors (Lipinski definition) is 8. The number of aromatic nitrogens is 2. The second kappa shape index (κ2) is 16.5. The number of benzene rings is 1. The first-order chi connectivity index (χ1) is 21.5. The van der Waals surface area contributed by atoms with Gasteiger partial charge in [-0.1, -0.05) is 6.07 Å². The number of furan rings is 1. The van der Waals surface area contributed by atoms with E-state index in [1.165, 1.54) is 6.26 Å². The average Bonchev–Trinajstić information content (AvgIpc) is 3.65. The highest BCUT2D eigenvalue weighted by molar-refractivity contribution is 6.03. The Balaban J connectivity index is 0.00000102. The Kier molecular flexibility index (Phi) is 12.5. The number of nitrogens with zero attached hydrogens (tertiary/aromatic N) is 1. The molecule has 0 spiro atoms. The van der Waals surface area contributed by atoms with Crippen molar-refractivity contribution in [1.82, 2.24) is 20.6 Å². The number of hydrogen-bond donors (Lipinski definition) is 4. The summed E-state index contributed by atoms with van der Waals surface area (Å²) in [4.78, 5) is 53.6. The van der Waals surface area contributed by atoms with E-state index in [1.54, 1.807) is 67.8 Å². The first kappa shape index (κ1) is 34.1. The van der Waals surface area contributed by atoms with E-state index in [2.05, 4.69) is 25.9 Å². The molecule has 3 heterocycles. The van der Waals surface area contributed by atoms with Crippen molar-refractivity contribution in [3.8, 4) is 22.9 Å². The maximum Gasteiger partial charge on any atom is 0.306 e. The molecule has 3 amide bonds. The van der Waals surface area contributed by atoms with Crippen LogP contribution in [0.25, 0.3) is 11.4 Å². The Morgan fingerprint density at radius 3 is 2.49 bits per heavy atom. The van der Waals surface area contributed by atoms with Crippen molar-refractivity contribution in [1.29, 1.82) is 0 Å². The molecule has 0 saturated carbocycles. The van der Waals surface area contributed by atoms with Gasteiger partial charge in [-0.3, -0.25) is 24.2 Å². The molecular formula is C33H39N5O7. The lowest BCUT2D eigenvalue weighted by Gasteiger charge is -2.19. The van der Waals surface area contributed by atoms with Gasteiger partial charge >= 0.3 is 5.97 Å². The summed E-state index contributed by atoms with van der Waals surface area (Å²) in [5.74, 6) is 0.398. The number of pyridine rings is 1. The van der Waals surface area contributed by atoms with Crippen molar-refractivity contribution in [3.63, 3.8) is 0 Å². The number of carbonyl (C=O) groups excluding carboxylic acids is 4. The third-order valence-electron chi connectivity index (χ3n) is 5.90. The molecule has 0 atom stereocenters. The van der Waals surface area contributed by atoms with Gasteiger partial charge in [0.1, 0.15) is 17.1 Å². The summed E-state index contributed by atoms with van der Waals surface area (Å²) >= 11 is 0. The van der Waals surface area contributed by atoms with Gasteiger partial charge in [0, 0.05) is 55.3 Å². The van der Waals surface area contributed by atoms with E-state index in [4.69, 9.17) is 13.9 Å². The Morgan fingerprint density at radius 2 is 1.82 bits per heavy atom. The van der Waals surface area contributed by atoms with Gasteiger partial charge < -0.3 is 34.8 Å². The number of aryl methyl sites for hydroxylation is 1. The van der Waals surface area contributed by atoms with E-state index < -0.39 is 5.60 Å². The summed E-state index contributed by atoms with van der Waals surface area (Å²) in [6.07, 6.45) is 6.06. The SMILES string of the molecule is CCNC=O.Cc1ccoc1C(=O)Nc1cccc(Oc2ccnc(-c3cc(C(=O)NCCCC(=O)OC(C)(C)C)c[nH]3)c2)c1. The molecule has 45 heavy (non-hydrogen) atoms. The number of rotatable bonds is 12. The molecule has 0 saturated heterocycles. The van der Waals surface area contributed by atoms with E-state index in [-0.39, 0.29) is 30.0 Å². The largest absolute Gasteiger partial charge is 0.460 e. The minimum absolute atomic E-state index is 0.228. The van der Waals surface area contributed by atoms with Gasteiger partial charge in [-0.15, -0.1) is 0 Å². The third kappa shape index (κ3) is 11.3. The lowest BCUT2D eigenvalue weighted by molar-refractivity contribution is -0.154. The van der Waals surface area contributed by atoms with Gasteiger partial charge in [-0.25, -0.2) is 0 Å². The van der Waals surface area contributed by atoms with Crippen molar-refractivity contribution in [3.05, 3.63) is 84.1 Å². The van der Waals surface area contributed by atoms with Crippen LogP contribution in [0.5, 0.6) is 11.5 Å². The molecule has 0 aliphatic rings. The number of amides is 3. The van der Waals surface area contributed by atoms with Crippen LogP contribution in [0, 0.1) is 6.92 Å². The number of H-pyrrole nitrogens is 1. The van der Waals surface area contributed by atoms with Crippen LogP contribution in [0.1, 0.15) is 67.0 Å². The van der Waals surface area contributed by atoms with Crippen molar-refractivity contribution in [2.45, 2.75) is 53.1 Å². The van der Waals surface area contributed by atoms with E-state index in [1.807, 2.05) is 27.7 Å². The van der Waals surface area contributed by atoms with Gasteiger partial charge in [-0.2, -0.15) is 0 Å². The first-order valence-corrected chi connectivity index (χ1v) is 14.4. The molecule has 1 aromatic carbocycles. The fourth-order valence-electron chi connectivity index (χ4n) is 3.87. The number of aromatic amines is 1. The second-order valence-electron chi connectivity index (χ2n) is 10.8. The quantitative estimate of drug-likeness (QED) is 0.0903. The Hall–Kier alpha value is -5.39. The van der Waals surface area contributed by atoms with Crippen molar-refractivity contribution < 1.29 is 33.1 Å². The zero-order valence-electron chi connectivity index (χ0n) is 26.1. The van der Waals surface area contributed by atoms with Gasteiger partial charge in [0.05, 0.1) is 23.2 Å². The highest BCUT2D eigenvalue weighted by Gasteiger charge is 2.17. The summed E-state index contributed by atoms with van der Waals surface area (Å²) in [6, 6.07) is 13.9. The Bertz CT molecular complexity index is 1590. The fraction of sp³-hybridized carbons (Fsp3) is 0.303. The second-order valence-corrected chi connectivity index (χ2v) is 10.8. The third-order valence-corrected chi connectivity index (χ3v) is 5.90. The summed E-state index contributed by atoms with van der Waals surface area (Å²) in [5.41, 5.74) is 2.44. The number of ether oxygens (including phenoxy) is 2. The molecule has 12 nitrogen and oxygen atoms in total. The smallest absolute Gasteiger partial charge is 0.306 e. The highest BCUT2D eigenvalue weighted by Crippen LogP contribution is 2.27. The molecule has 0 radical (unpaired) electrons. The van der Waals surface area contributed by atoms with Crippen LogP contribution in [0.2, 0.25) is 0 Å². The van der Waals surface area contributed by atoms with Crippen molar-refractivity contribution in [2.24, 2.45) is 0 Å². The molecule has 4 N–H and O–H groups in total. The Morgan fingerprint density at radius 1 is 1.04 bits per heavy atom. The van der Waals surface area contributed by atoms with Crippen LogP contribution in [-0.4, -0.2) is 52.9 Å². The molecule has 4 rings (SSSR count). The van der Waals surface area contributed by atoms with E-state index >= 15 is 0 Å². The minimum Gasteiger partial charge on any atom is -0.460 e. The standard InChI is InChI=1S/C30H32N4O6.C3H7NO/c1-19-11-14-38-27(19)29(37)34-21-7-5-8-22(16-21)39-23-10-13-31-25(17-23)24-15-20(18-33-24)28(36)32-12-6-9-26(35)40-30(2,3)4;1-2-4-3-5/h5,7-8,10-11,13-18,33H,6,9,12H2,1-4H3,(H,32,36)(H,34,37);3H,2H2,1H3,(H,4,5). The summed E-state index contributed by atoms with van der Waals surface area (Å²) in [5, 5.41) is 8.04. The number of carbonyl (C=O) groups is 4. The molecule has 0 fully saturated rings. The molecule has 0 unspecified atom stereocenters. The van der Waals surface area contributed by atoms with Crippen LogP contribution < -0.4 is 20.7 Å². The van der Waals surface area contributed by atoms with E-state index in [0.29, 0.717) is 53.5 Å². The number of anilines is 1. The zero-order chi connectivity index (χ0) is 32.8. The highest BCUT2D eigenvalue weighted by atomic mass is 16.6. The lowest BCUT2D eigenvalue weighted by Crippen LogP contribution is -2.26. The maximum atomic E-state index is 12.5. The number of nitrogens with one attached hydrogen (secondary N) is 4. The van der Waals surface area contributed by atoms with Gasteiger partial charge in [-0.05, 0) is 71.4 Å². The monoisotopic (exact) mass is 617 g/mol. The lowest BCUT2D eigenvalue weighted by atomic mass is 10.2. The molecule has 12 heteroatoms. The minimum atomic E-state index is -0.528. The molecule has 4 aromatic rings. The van der Waals surface area contributed by atoms with Crippen LogP contribution in [0.4, 0.5) is 5.69 Å². The topological polar surface area (TPSA) is 165 Å². The van der Waals surface area contributed by atoms with Crippen LogP contribution in [0.15, 0.2) is 71.6 Å². The molecule has 238 valence electrons. The normalized spacial score (nSPS) is 10.6. The predicted octanol–water partition coefficient (Wildman–Crippen LogP) is 5.63. The van der Waals surface area contributed by atoms with Gasteiger partial charge in [0.2, 0.25) is 6.41 Å². The molecule has 0 bridgehead atoms. The number of esters is 1. The van der Waals surface area contributed by atoms with E-state index in [9.17, 15) is 19.2 Å². The molecule has 0 aliphatic heterocycles. The van der Waals surface area contributed by atoms with Gasteiger partial charge in [0.15, 0.2) is 5.76 Å². The molecule has 3 aromatic heterocycles. The summed E-state index contributed by atoms with van der Waals surface area (Å²) in [7, 11) is 0.